The van der Waals surface area contributed by atoms with Crippen molar-refractivity contribution in [1.82, 2.24) is 19.9 Å². The molecule has 8 nitrogen and oxygen atoms in total. The number of hydrogen-bond acceptors (Lipinski definition) is 9. The highest BCUT2D eigenvalue weighted by Crippen LogP contribution is 2.37. The average Bonchev–Trinajstić information content (AvgIpc) is 2.79. The van der Waals surface area contributed by atoms with Gasteiger partial charge in [-0.05, 0) is 49.8 Å². The van der Waals surface area contributed by atoms with Gasteiger partial charge in [-0.3, -0.25) is 0 Å². The number of anilines is 5. The van der Waals surface area contributed by atoms with Crippen molar-refractivity contribution in [3.05, 3.63) is 49.1 Å². The van der Waals surface area contributed by atoms with Crippen molar-refractivity contribution >= 4 is 40.7 Å². The molecule has 2 fully saturated rings. The lowest BCUT2D eigenvalue weighted by Gasteiger charge is -2.48. The molecule has 0 atom stereocenters. The maximum Gasteiger partial charge on any atom is 0.145 e. The molecule has 2 saturated heterocycles. The normalized spacial score (nSPS) is 17.3. The van der Waals surface area contributed by atoms with Crippen LogP contribution in [0.1, 0.15) is 19.3 Å². The van der Waals surface area contributed by atoms with Gasteiger partial charge in [0.05, 0.1) is 24.1 Å². The third kappa shape index (κ3) is 4.42. The number of nitrogens with one attached hydrogen (secondary N) is 2. The predicted molar refractivity (Wildman–Crippen MR) is 124 cm³/mol. The second kappa shape index (κ2) is 8.68. The van der Waals surface area contributed by atoms with E-state index in [2.05, 4.69) is 41.5 Å². The first-order valence-corrected chi connectivity index (χ1v) is 11.7. The molecule has 2 aliphatic heterocycles. The van der Waals surface area contributed by atoms with Crippen LogP contribution in [0.2, 0.25) is 0 Å². The summed E-state index contributed by atoms with van der Waals surface area (Å²) in [6, 6.07) is 9.87. The van der Waals surface area contributed by atoms with Gasteiger partial charge in [0.25, 0.3) is 0 Å². The van der Waals surface area contributed by atoms with Gasteiger partial charge in [-0.25, -0.2) is 19.9 Å². The first-order chi connectivity index (χ1) is 15.2. The average molecular weight is 436 g/mol. The van der Waals surface area contributed by atoms with Crippen LogP contribution in [-0.4, -0.2) is 51.5 Å². The summed E-state index contributed by atoms with van der Waals surface area (Å²) in [5.74, 6) is 2.86. The fourth-order valence-corrected chi connectivity index (χ4v) is 4.51. The topological polar surface area (TPSA) is 88.1 Å². The van der Waals surface area contributed by atoms with Crippen molar-refractivity contribution in [1.29, 1.82) is 0 Å². The van der Waals surface area contributed by atoms with E-state index in [9.17, 15) is 0 Å². The zero-order valence-electron chi connectivity index (χ0n) is 17.4. The summed E-state index contributed by atoms with van der Waals surface area (Å²) >= 11 is 1.63. The van der Waals surface area contributed by atoms with Crippen LogP contribution in [0.4, 0.5) is 29.0 Å². The molecule has 0 aliphatic carbocycles. The zero-order chi connectivity index (χ0) is 21.1. The largest absolute Gasteiger partial charge is 0.375 e. The van der Waals surface area contributed by atoms with Crippen molar-refractivity contribution in [2.75, 3.05) is 41.5 Å². The van der Waals surface area contributed by atoms with E-state index in [1.54, 1.807) is 18.0 Å². The second-order valence-electron chi connectivity index (χ2n) is 7.76. The molecular formula is C22H25N7OS. The molecular weight excluding hydrogens is 410 g/mol. The van der Waals surface area contributed by atoms with Gasteiger partial charge >= 0.3 is 0 Å². The van der Waals surface area contributed by atoms with Crippen LogP contribution in [0.25, 0.3) is 0 Å². The number of pyridine rings is 2. The Morgan fingerprint density at radius 2 is 1.77 bits per heavy atom. The minimum atomic E-state index is 0.163. The Balaban J connectivity index is 1.22. The number of piperidine rings is 1. The maximum absolute atomic E-state index is 5.81. The number of ether oxygens (including phenoxy) is 1. The van der Waals surface area contributed by atoms with Crippen LogP contribution in [0.15, 0.2) is 53.9 Å². The quantitative estimate of drug-likeness (QED) is 0.552. The van der Waals surface area contributed by atoms with E-state index in [0.29, 0.717) is 11.6 Å². The summed E-state index contributed by atoms with van der Waals surface area (Å²) in [7, 11) is 0. The van der Waals surface area contributed by atoms with E-state index in [-0.39, 0.29) is 5.60 Å². The molecule has 2 N–H and O–H groups in total. The van der Waals surface area contributed by atoms with Crippen LogP contribution < -0.4 is 15.5 Å². The molecule has 0 aromatic carbocycles. The Hall–Kier alpha value is -2.91. The Morgan fingerprint density at radius 3 is 2.45 bits per heavy atom. The maximum atomic E-state index is 5.81. The molecule has 5 heterocycles. The third-order valence-electron chi connectivity index (χ3n) is 5.91. The molecule has 9 heteroatoms. The predicted octanol–water partition coefficient (Wildman–Crippen LogP) is 4.24. The molecule has 0 saturated carbocycles. The lowest BCUT2D eigenvalue weighted by atomic mass is 9.84. The molecule has 0 radical (unpaired) electrons. The smallest absolute Gasteiger partial charge is 0.145 e. The van der Waals surface area contributed by atoms with Gasteiger partial charge in [0.2, 0.25) is 0 Å². The summed E-state index contributed by atoms with van der Waals surface area (Å²) in [6.45, 7) is 2.95. The first kappa shape index (κ1) is 20.0. The minimum absolute atomic E-state index is 0.163. The fourth-order valence-electron chi connectivity index (χ4n) is 4.00. The van der Waals surface area contributed by atoms with Gasteiger partial charge in [0.15, 0.2) is 0 Å². The third-order valence-corrected chi connectivity index (χ3v) is 6.68. The van der Waals surface area contributed by atoms with E-state index < -0.39 is 0 Å². The highest BCUT2D eigenvalue weighted by molar-refractivity contribution is 7.98. The van der Waals surface area contributed by atoms with Gasteiger partial charge in [-0.2, -0.15) is 0 Å². The summed E-state index contributed by atoms with van der Waals surface area (Å²) < 4.78 is 5.81. The van der Waals surface area contributed by atoms with Crippen molar-refractivity contribution in [3.63, 3.8) is 0 Å². The van der Waals surface area contributed by atoms with E-state index in [1.165, 1.54) is 12.7 Å². The summed E-state index contributed by atoms with van der Waals surface area (Å²) in [5.41, 5.74) is 1.31. The van der Waals surface area contributed by atoms with Crippen LogP contribution in [0, 0.1) is 0 Å². The summed E-state index contributed by atoms with van der Waals surface area (Å²) in [4.78, 5) is 21.0. The number of nitrogens with zero attached hydrogens (tertiary/aromatic N) is 5. The van der Waals surface area contributed by atoms with Crippen molar-refractivity contribution in [3.8, 4) is 0 Å². The van der Waals surface area contributed by atoms with Crippen molar-refractivity contribution < 1.29 is 4.74 Å². The van der Waals surface area contributed by atoms with Crippen LogP contribution in [0.3, 0.4) is 0 Å². The molecule has 2 aliphatic rings. The van der Waals surface area contributed by atoms with E-state index in [1.807, 2.05) is 36.7 Å². The molecule has 0 amide bonds. The highest BCUT2D eigenvalue weighted by atomic mass is 32.2. The van der Waals surface area contributed by atoms with Crippen LogP contribution in [0.5, 0.6) is 0 Å². The molecule has 3 aromatic heterocycles. The molecule has 0 bridgehead atoms. The Labute approximate surface area is 185 Å². The van der Waals surface area contributed by atoms with Crippen LogP contribution >= 0.6 is 11.8 Å². The fraction of sp³-hybridized carbons (Fsp3) is 0.364. The standard InChI is InChI=1S/C22H25N7OS/c1-31-17-3-2-9-23-21(17)28-20-13-19(25-15-26-20)27-18-5-4-16(14-24-18)29-10-6-22(7-11-29)8-12-30-22/h2-5,9,13-15H,6-8,10-12H2,1H3,(H2,23,24,25,26,27,28). The lowest BCUT2D eigenvalue weighted by Crippen LogP contribution is -2.52. The zero-order valence-corrected chi connectivity index (χ0v) is 18.2. The summed E-state index contributed by atoms with van der Waals surface area (Å²) in [6.07, 6.45) is 10.6. The first-order valence-electron chi connectivity index (χ1n) is 10.4. The summed E-state index contributed by atoms with van der Waals surface area (Å²) in [5, 5.41) is 6.51. The van der Waals surface area contributed by atoms with Crippen LogP contribution in [-0.2, 0) is 4.74 Å². The molecule has 1 spiro atoms. The Morgan fingerprint density at radius 1 is 0.968 bits per heavy atom. The monoisotopic (exact) mass is 435 g/mol. The van der Waals surface area contributed by atoms with Crippen molar-refractivity contribution in [2.45, 2.75) is 29.8 Å². The molecule has 5 rings (SSSR count). The Kier molecular flexibility index (Phi) is 5.61. The minimum Gasteiger partial charge on any atom is -0.375 e. The molecule has 160 valence electrons. The van der Waals surface area contributed by atoms with E-state index in [0.717, 1.165) is 54.8 Å². The number of rotatable bonds is 6. The SMILES string of the molecule is CSc1cccnc1Nc1cc(Nc2ccc(N3CCC4(CCO4)CC3)cn2)ncn1. The molecule has 3 aromatic rings. The molecule has 31 heavy (non-hydrogen) atoms. The molecule has 0 unspecified atom stereocenters. The van der Waals surface area contributed by atoms with Gasteiger partial charge in [-0.1, -0.05) is 0 Å². The van der Waals surface area contributed by atoms with Gasteiger partial charge < -0.3 is 20.3 Å². The number of aromatic nitrogens is 4. The van der Waals surface area contributed by atoms with Gasteiger partial charge in [0, 0.05) is 30.2 Å². The van der Waals surface area contributed by atoms with E-state index in [4.69, 9.17) is 4.74 Å². The van der Waals surface area contributed by atoms with Gasteiger partial charge in [-0.15, -0.1) is 11.8 Å². The van der Waals surface area contributed by atoms with Crippen molar-refractivity contribution in [2.24, 2.45) is 0 Å². The lowest BCUT2D eigenvalue weighted by molar-refractivity contribution is -0.158. The Bertz CT molecular complexity index is 1030. The number of hydrogen-bond donors (Lipinski definition) is 2. The van der Waals surface area contributed by atoms with E-state index >= 15 is 0 Å². The van der Waals surface area contributed by atoms with Gasteiger partial charge in [0.1, 0.15) is 29.6 Å². The highest BCUT2D eigenvalue weighted by Gasteiger charge is 2.41. The second-order valence-corrected chi connectivity index (χ2v) is 8.61. The number of thioether (sulfide) groups is 1.